The van der Waals surface area contributed by atoms with E-state index in [-0.39, 0.29) is 18.7 Å². The van der Waals surface area contributed by atoms with E-state index in [1.165, 1.54) is 6.92 Å². The fourth-order valence-corrected chi connectivity index (χ4v) is 1.32. The number of carboxylic acid groups (broad SMARTS) is 1. The predicted molar refractivity (Wildman–Crippen MR) is 66.2 cm³/mol. The molecule has 0 bridgehead atoms. The van der Waals surface area contributed by atoms with Crippen molar-refractivity contribution in [3.63, 3.8) is 0 Å². The van der Waals surface area contributed by atoms with Gasteiger partial charge in [0.05, 0.1) is 17.8 Å². The molecular weight excluding hydrogens is 236 g/mol. The third-order valence-electron chi connectivity index (χ3n) is 2.08. The lowest BCUT2D eigenvalue weighted by molar-refractivity contribution is -0.138. The SMILES string of the molecule is CC(=O)Nc1ccccc1NC(=O)CCC(=O)O. The summed E-state index contributed by atoms with van der Waals surface area (Å²) in [6.07, 6.45) is -0.335. The summed E-state index contributed by atoms with van der Waals surface area (Å²) in [5.41, 5.74) is 0.928. The highest BCUT2D eigenvalue weighted by molar-refractivity contribution is 5.99. The molecule has 0 radical (unpaired) electrons. The lowest BCUT2D eigenvalue weighted by Crippen LogP contribution is -2.15. The predicted octanol–water partition coefficient (Wildman–Crippen LogP) is 1.45. The number of hydrogen-bond donors (Lipinski definition) is 3. The Labute approximate surface area is 104 Å². The van der Waals surface area contributed by atoms with E-state index in [4.69, 9.17) is 5.11 Å². The van der Waals surface area contributed by atoms with Crippen LogP contribution in [0.2, 0.25) is 0 Å². The average molecular weight is 250 g/mol. The molecule has 0 aromatic heterocycles. The van der Waals surface area contributed by atoms with Crippen LogP contribution >= 0.6 is 0 Å². The highest BCUT2D eigenvalue weighted by atomic mass is 16.4. The van der Waals surface area contributed by atoms with Crippen LogP contribution in [0.1, 0.15) is 19.8 Å². The van der Waals surface area contributed by atoms with Gasteiger partial charge in [0.25, 0.3) is 0 Å². The number of nitrogens with one attached hydrogen (secondary N) is 2. The van der Waals surface area contributed by atoms with Crippen molar-refractivity contribution in [2.45, 2.75) is 19.8 Å². The van der Waals surface area contributed by atoms with Crippen molar-refractivity contribution >= 4 is 29.2 Å². The number of carbonyl (C=O) groups is 3. The number of hydrogen-bond acceptors (Lipinski definition) is 3. The normalized spacial score (nSPS) is 9.61. The summed E-state index contributed by atoms with van der Waals surface area (Å²) in [6.45, 7) is 1.36. The molecule has 0 fully saturated rings. The van der Waals surface area contributed by atoms with Gasteiger partial charge in [-0.15, -0.1) is 0 Å². The number of carboxylic acids is 1. The van der Waals surface area contributed by atoms with Gasteiger partial charge in [0.15, 0.2) is 0 Å². The van der Waals surface area contributed by atoms with Gasteiger partial charge in [-0.2, -0.15) is 0 Å². The summed E-state index contributed by atoms with van der Waals surface area (Å²) in [4.78, 5) is 32.8. The largest absolute Gasteiger partial charge is 0.481 e. The molecule has 3 N–H and O–H groups in total. The van der Waals surface area contributed by atoms with E-state index in [0.717, 1.165) is 0 Å². The third kappa shape index (κ3) is 4.65. The molecule has 0 atom stereocenters. The highest BCUT2D eigenvalue weighted by Crippen LogP contribution is 2.21. The first kappa shape index (κ1) is 13.7. The van der Waals surface area contributed by atoms with E-state index in [1.807, 2.05) is 0 Å². The summed E-state index contributed by atoms with van der Waals surface area (Å²) in [7, 11) is 0. The summed E-state index contributed by atoms with van der Waals surface area (Å²) in [6, 6.07) is 6.70. The molecule has 1 aromatic rings. The van der Waals surface area contributed by atoms with E-state index < -0.39 is 11.9 Å². The molecule has 18 heavy (non-hydrogen) atoms. The minimum Gasteiger partial charge on any atom is -0.481 e. The molecule has 0 saturated heterocycles. The summed E-state index contributed by atoms with van der Waals surface area (Å²) < 4.78 is 0. The maximum absolute atomic E-state index is 11.5. The number of rotatable bonds is 5. The molecule has 0 spiro atoms. The van der Waals surface area contributed by atoms with Crippen molar-refractivity contribution in [3.05, 3.63) is 24.3 Å². The molecule has 96 valence electrons. The van der Waals surface area contributed by atoms with Crippen LogP contribution in [0, 0.1) is 0 Å². The molecule has 0 aliphatic rings. The second-order valence-corrected chi connectivity index (χ2v) is 3.67. The third-order valence-corrected chi connectivity index (χ3v) is 2.08. The Morgan fingerprint density at radius 1 is 1.06 bits per heavy atom. The van der Waals surface area contributed by atoms with Crippen LogP contribution in [0.4, 0.5) is 11.4 Å². The zero-order valence-corrected chi connectivity index (χ0v) is 9.90. The first-order valence-electron chi connectivity index (χ1n) is 5.37. The molecule has 0 aliphatic heterocycles. The minimum atomic E-state index is -1.03. The van der Waals surface area contributed by atoms with Crippen LogP contribution in [-0.2, 0) is 14.4 Å². The molecule has 6 nitrogen and oxygen atoms in total. The fraction of sp³-hybridized carbons (Fsp3) is 0.250. The van der Waals surface area contributed by atoms with E-state index >= 15 is 0 Å². The summed E-state index contributed by atoms with van der Waals surface area (Å²) in [5.74, 6) is -1.68. The first-order valence-corrected chi connectivity index (χ1v) is 5.37. The second kappa shape index (κ2) is 6.39. The Morgan fingerprint density at radius 2 is 1.61 bits per heavy atom. The maximum atomic E-state index is 11.5. The summed E-state index contributed by atoms with van der Waals surface area (Å²) in [5, 5.41) is 13.6. The van der Waals surface area contributed by atoms with Crippen LogP contribution in [0.3, 0.4) is 0 Å². The molecule has 6 heteroatoms. The number of anilines is 2. The first-order chi connectivity index (χ1) is 8.49. The molecule has 2 amide bonds. The van der Waals surface area contributed by atoms with Crippen molar-refractivity contribution in [2.24, 2.45) is 0 Å². The Kier molecular flexibility index (Phi) is 4.86. The lowest BCUT2D eigenvalue weighted by Gasteiger charge is -2.10. The van der Waals surface area contributed by atoms with Crippen LogP contribution in [0.15, 0.2) is 24.3 Å². The van der Waals surface area contributed by atoms with E-state index in [2.05, 4.69) is 10.6 Å². The molecule has 1 rings (SSSR count). The van der Waals surface area contributed by atoms with Crippen LogP contribution in [0.5, 0.6) is 0 Å². The standard InChI is InChI=1S/C12H14N2O4/c1-8(15)13-9-4-2-3-5-10(9)14-11(16)6-7-12(17)18/h2-5H,6-7H2,1H3,(H,13,15)(H,14,16)(H,17,18). The summed E-state index contributed by atoms with van der Waals surface area (Å²) >= 11 is 0. The van der Waals surface area contributed by atoms with E-state index in [9.17, 15) is 14.4 Å². The Hall–Kier alpha value is -2.37. The average Bonchev–Trinajstić information content (AvgIpc) is 2.28. The Morgan fingerprint density at radius 3 is 2.11 bits per heavy atom. The van der Waals surface area contributed by atoms with Crippen LogP contribution < -0.4 is 10.6 Å². The fourth-order valence-electron chi connectivity index (χ4n) is 1.32. The second-order valence-electron chi connectivity index (χ2n) is 3.67. The lowest BCUT2D eigenvalue weighted by atomic mass is 10.2. The monoisotopic (exact) mass is 250 g/mol. The molecule has 0 aliphatic carbocycles. The number of benzene rings is 1. The molecule has 0 unspecified atom stereocenters. The van der Waals surface area contributed by atoms with E-state index in [1.54, 1.807) is 24.3 Å². The van der Waals surface area contributed by atoms with Gasteiger partial charge in [0, 0.05) is 13.3 Å². The van der Waals surface area contributed by atoms with Gasteiger partial charge in [-0.1, -0.05) is 12.1 Å². The van der Waals surface area contributed by atoms with Gasteiger partial charge in [0.2, 0.25) is 11.8 Å². The van der Waals surface area contributed by atoms with Gasteiger partial charge in [-0.25, -0.2) is 0 Å². The smallest absolute Gasteiger partial charge is 0.303 e. The van der Waals surface area contributed by atoms with Gasteiger partial charge < -0.3 is 15.7 Å². The molecular formula is C12H14N2O4. The molecule has 0 saturated carbocycles. The molecule has 1 aromatic carbocycles. The van der Waals surface area contributed by atoms with Crippen molar-refractivity contribution < 1.29 is 19.5 Å². The van der Waals surface area contributed by atoms with Gasteiger partial charge in [0.1, 0.15) is 0 Å². The van der Waals surface area contributed by atoms with Crippen molar-refractivity contribution in [1.82, 2.24) is 0 Å². The number of para-hydroxylation sites is 2. The van der Waals surface area contributed by atoms with Crippen molar-refractivity contribution in [3.8, 4) is 0 Å². The van der Waals surface area contributed by atoms with Gasteiger partial charge in [-0.05, 0) is 12.1 Å². The number of aliphatic carboxylic acids is 1. The topological polar surface area (TPSA) is 95.5 Å². The van der Waals surface area contributed by atoms with E-state index in [0.29, 0.717) is 11.4 Å². The van der Waals surface area contributed by atoms with Crippen molar-refractivity contribution in [1.29, 1.82) is 0 Å². The number of carbonyl (C=O) groups excluding carboxylic acids is 2. The highest BCUT2D eigenvalue weighted by Gasteiger charge is 2.09. The Balaban J connectivity index is 2.68. The van der Waals surface area contributed by atoms with Crippen molar-refractivity contribution in [2.75, 3.05) is 10.6 Å². The zero-order valence-electron chi connectivity index (χ0n) is 9.90. The van der Waals surface area contributed by atoms with Crippen LogP contribution in [0.25, 0.3) is 0 Å². The maximum Gasteiger partial charge on any atom is 0.303 e. The molecule has 0 heterocycles. The van der Waals surface area contributed by atoms with Gasteiger partial charge in [-0.3, -0.25) is 14.4 Å². The minimum absolute atomic E-state index is 0.107. The Bertz CT molecular complexity index is 471. The number of amides is 2. The van der Waals surface area contributed by atoms with Gasteiger partial charge >= 0.3 is 5.97 Å². The zero-order chi connectivity index (χ0) is 13.5. The van der Waals surface area contributed by atoms with Crippen LogP contribution in [-0.4, -0.2) is 22.9 Å². The quantitative estimate of drug-likeness (QED) is 0.737.